The van der Waals surface area contributed by atoms with Crippen molar-refractivity contribution < 1.29 is 34.3 Å². The van der Waals surface area contributed by atoms with E-state index in [-0.39, 0.29) is 5.82 Å². The van der Waals surface area contributed by atoms with Gasteiger partial charge in [-0.05, 0) is 42.7 Å². The van der Waals surface area contributed by atoms with E-state index in [1.807, 2.05) is 32.0 Å². The van der Waals surface area contributed by atoms with Gasteiger partial charge in [0.05, 0.1) is 18.7 Å². The Morgan fingerprint density at radius 1 is 1.03 bits per heavy atom. The van der Waals surface area contributed by atoms with Gasteiger partial charge in [-0.25, -0.2) is 4.39 Å². The Labute approximate surface area is 185 Å². The first-order valence-corrected chi connectivity index (χ1v) is 10.7. The van der Waals surface area contributed by atoms with Crippen molar-refractivity contribution in [3.05, 3.63) is 65.1 Å². The van der Waals surface area contributed by atoms with Crippen molar-refractivity contribution >= 4 is 10.9 Å². The zero-order valence-corrected chi connectivity index (χ0v) is 18.0. The molecule has 7 nitrogen and oxygen atoms in total. The number of halogens is 1. The second-order valence-corrected chi connectivity index (χ2v) is 8.16. The van der Waals surface area contributed by atoms with E-state index >= 15 is 0 Å². The molecule has 32 heavy (non-hydrogen) atoms. The highest BCUT2D eigenvalue weighted by molar-refractivity contribution is 5.85. The minimum Gasteiger partial charge on any atom is -0.494 e. The highest BCUT2D eigenvalue weighted by Gasteiger charge is 2.44. The summed E-state index contributed by atoms with van der Waals surface area (Å²) in [6.07, 6.45) is -4.34. The summed E-state index contributed by atoms with van der Waals surface area (Å²) in [6, 6.07) is 10.5. The van der Waals surface area contributed by atoms with Crippen LogP contribution in [0, 0.1) is 12.7 Å². The second kappa shape index (κ2) is 9.17. The summed E-state index contributed by atoms with van der Waals surface area (Å²) >= 11 is 0. The lowest BCUT2D eigenvalue weighted by molar-refractivity contribution is -0.250. The molecule has 4 N–H and O–H groups in total. The summed E-state index contributed by atoms with van der Waals surface area (Å²) in [5, 5.41) is 41.4. The fourth-order valence-corrected chi connectivity index (χ4v) is 4.23. The number of aryl methyl sites for hydroxylation is 1. The van der Waals surface area contributed by atoms with Gasteiger partial charge in [-0.3, -0.25) is 0 Å². The molecular weight excluding hydrogens is 417 g/mol. The average molecular weight is 445 g/mol. The quantitative estimate of drug-likeness (QED) is 0.463. The predicted octanol–water partition coefficient (Wildman–Crippen LogP) is 2.05. The molecule has 0 unspecified atom stereocenters. The molecule has 172 valence electrons. The van der Waals surface area contributed by atoms with Gasteiger partial charge in [-0.2, -0.15) is 0 Å². The maximum absolute atomic E-state index is 14.7. The number of rotatable bonds is 6. The maximum Gasteiger partial charge on any atom is 0.163 e. The zero-order valence-electron chi connectivity index (χ0n) is 18.0. The average Bonchev–Trinajstić information content (AvgIpc) is 3.11. The number of aliphatic hydroxyl groups excluding tert-OH is 4. The van der Waals surface area contributed by atoms with E-state index in [0.717, 1.165) is 22.0 Å². The molecular formula is C24H28FNO6. The van der Waals surface area contributed by atoms with Crippen LogP contribution in [0.3, 0.4) is 0 Å². The van der Waals surface area contributed by atoms with Crippen LogP contribution in [0.1, 0.15) is 29.8 Å². The van der Waals surface area contributed by atoms with Crippen LogP contribution in [0.25, 0.3) is 10.9 Å². The van der Waals surface area contributed by atoms with Crippen molar-refractivity contribution in [3.8, 4) is 5.75 Å². The number of ether oxygens (including phenoxy) is 2. The van der Waals surface area contributed by atoms with Crippen LogP contribution >= 0.6 is 0 Å². The fourth-order valence-electron chi connectivity index (χ4n) is 4.23. The lowest BCUT2D eigenvalue weighted by Crippen LogP contribution is -2.56. The van der Waals surface area contributed by atoms with E-state index in [1.54, 1.807) is 22.9 Å². The topological polar surface area (TPSA) is 104 Å². The first-order chi connectivity index (χ1) is 15.3. The molecule has 3 aromatic rings. The highest BCUT2D eigenvalue weighted by Crippen LogP contribution is 2.34. The van der Waals surface area contributed by atoms with Crippen molar-refractivity contribution in [2.45, 2.75) is 50.9 Å². The number of aliphatic hydroxyl groups is 4. The van der Waals surface area contributed by atoms with Crippen LogP contribution in [0.2, 0.25) is 0 Å². The number of hydrogen-bond donors (Lipinski definition) is 4. The second-order valence-electron chi connectivity index (χ2n) is 8.16. The summed E-state index contributed by atoms with van der Waals surface area (Å²) in [6.45, 7) is 3.70. The summed E-state index contributed by atoms with van der Waals surface area (Å²) in [5.74, 6) is 0.0879. The van der Waals surface area contributed by atoms with Crippen LogP contribution in [0.4, 0.5) is 4.39 Å². The normalized spacial score (nSPS) is 25.9. The molecule has 1 aliphatic heterocycles. The number of benzene rings is 2. The van der Waals surface area contributed by atoms with E-state index in [4.69, 9.17) is 9.47 Å². The standard InChI is InChI=1S/C24H28FNO6/c1-3-31-16-6-5-14(18(25)10-16)9-15-11-26(19-8-13(2)4-7-17(15)19)24-23(30)22(29)21(28)20(12-27)32-24/h4-8,10-11,20-24,27-30H,3,9,12H2,1-2H3/t20-,21-,22+,23-,24-/m1/s1. The monoisotopic (exact) mass is 445 g/mol. The first-order valence-electron chi connectivity index (χ1n) is 10.7. The molecule has 0 radical (unpaired) electrons. The third-order valence-corrected chi connectivity index (χ3v) is 5.93. The number of nitrogens with zero attached hydrogens (tertiary/aromatic N) is 1. The van der Waals surface area contributed by atoms with Gasteiger partial charge in [-0.1, -0.05) is 18.2 Å². The number of fused-ring (bicyclic) bond motifs is 1. The molecule has 4 rings (SSSR count). The molecule has 0 aliphatic carbocycles. The zero-order chi connectivity index (χ0) is 23.0. The van der Waals surface area contributed by atoms with Crippen LogP contribution in [-0.2, 0) is 11.2 Å². The van der Waals surface area contributed by atoms with Crippen molar-refractivity contribution in [3.63, 3.8) is 0 Å². The van der Waals surface area contributed by atoms with Crippen LogP contribution in [0.15, 0.2) is 42.6 Å². The van der Waals surface area contributed by atoms with E-state index in [1.165, 1.54) is 6.07 Å². The van der Waals surface area contributed by atoms with Gasteiger partial charge in [0, 0.05) is 24.1 Å². The summed E-state index contributed by atoms with van der Waals surface area (Å²) in [5.41, 5.74) is 3.00. The molecule has 0 bridgehead atoms. The van der Waals surface area contributed by atoms with Gasteiger partial charge in [0.2, 0.25) is 0 Å². The van der Waals surface area contributed by atoms with Gasteiger partial charge < -0.3 is 34.5 Å². The third-order valence-electron chi connectivity index (χ3n) is 5.93. The van der Waals surface area contributed by atoms with Crippen LogP contribution < -0.4 is 4.74 Å². The molecule has 1 aliphatic rings. The number of hydrogen-bond acceptors (Lipinski definition) is 6. The van der Waals surface area contributed by atoms with E-state index in [9.17, 15) is 24.8 Å². The van der Waals surface area contributed by atoms with Gasteiger partial charge in [0.1, 0.15) is 36.0 Å². The van der Waals surface area contributed by atoms with Gasteiger partial charge in [-0.15, -0.1) is 0 Å². The first kappa shape index (κ1) is 22.7. The van der Waals surface area contributed by atoms with Crippen molar-refractivity contribution in [2.24, 2.45) is 0 Å². The molecule has 2 aromatic carbocycles. The summed E-state index contributed by atoms with van der Waals surface area (Å²) < 4.78 is 27.5. The van der Waals surface area contributed by atoms with Crippen molar-refractivity contribution in [1.82, 2.24) is 4.57 Å². The molecule has 1 saturated heterocycles. The highest BCUT2D eigenvalue weighted by atomic mass is 19.1. The SMILES string of the molecule is CCOc1ccc(Cc2cn([C@@H]3O[C@H](CO)[C@@H](O)[C@H](O)[C@H]3O)c3cc(C)ccc23)c(F)c1. The van der Waals surface area contributed by atoms with E-state index in [0.29, 0.717) is 24.3 Å². The van der Waals surface area contributed by atoms with Crippen LogP contribution in [-0.4, -0.2) is 62.6 Å². The van der Waals surface area contributed by atoms with E-state index in [2.05, 4.69) is 0 Å². The lowest BCUT2D eigenvalue weighted by Gasteiger charge is -2.40. The summed E-state index contributed by atoms with van der Waals surface area (Å²) in [7, 11) is 0. The third kappa shape index (κ3) is 4.12. The molecule has 0 amide bonds. The molecule has 0 saturated carbocycles. The van der Waals surface area contributed by atoms with Crippen molar-refractivity contribution in [1.29, 1.82) is 0 Å². The Balaban J connectivity index is 1.75. The minimum absolute atomic E-state index is 0.294. The lowest BCUT2D eigenvalue weighted by atomic mass is 9.98. The predicted molar refractivity (Wildman–Crippen MR) is 116 cm³/mol. The Morgan fingerprint density at radius 2 is 1.81 bits per heavy atom. The van der Waals surface area contributed by atoms with Gasteiger partial charge in [0.15, 0.2) is 6.23 Å². The molecule has 2 heterocycles. The molecule has 5 atom stereocenters. The minimum atomic E-state index is -1.49. The molecule has 1 fully saturated rings. The van der Waals surface area contributed by atoms with E-state index < -0.39 is 37.3 Å². The largest absolute Gasteiger partial charge is 0.494 e. The maximum atomic E-state index is 14.7. The van der Waals surface area contributed by atoms with Crippen LogP contribution in [0.5, 0.6) is 5.75 Å². The Hall–Kier alpha value is -2.49. The van der Waals surface area contributed by atoms with Gasteiger partial charge >= 0.3 is 0 Å². The Bertz CT molecular complexity index is 1100. The molecule has 1 aromatic heterocycles. The Morgan fingerprint density at radius 3 is 2.50 bits per heavy atom. The fraction of sp³-hybridized carbons (Fsp3) is 0.417. The Kier molecular flexibility index (Phi) is 6.50. The van der Waals surface area contributed by atoms with Crippen molar-refractivity contribution in [2.75, 3.05) is 13.2 Å². The molecule has 8 heteroatoms. The summed E-state index contributed by atoms with van der Waals surface area (Å²) in [4.78, 5) is 0. The molecule has 0 spiro atoms. The smallest absolute Gasteiger partial charge is 0.163 e. The van der Waals surface area contributed by atoms with Gasteiger partial charge in [0.25, 0.3) is 0 Å². The number of aromatic nitrogens is 1.